The van der Waals surface area contributed by atoms with Crippen LogP contribution in [0.5, 0.6) is 0 Å². The van der Waals surface area contributed by atoms with E-state index in [1.165, 1.54) is 19.3 Å². The number of hydrogen-bond donors (Lipinski definition) is 1. The number of rotatable bonds is 5. The standard InChI is InChI=1S/C14H19N3/c1-2-3-4-5-12(15)11-6-7-13-14(10-11)17-9-8-16-13/h6-10,12H,2-5,15H2,1H3. The van der Waals surface area contributed by atoms with Gasteiger partial charge in [0, 0.05) is 18.4 Å². The summed E-state index contributed by atoms with van der Waals surface area (Å²) in [5.41, 5.74) is 9.19. The maximum atomic E-state index is 6.18. The van der Waals surface area contributed by atoms with Gasteiger partial charge < -0.3 is 5.73 Å². The fourth-order valence-corrected chi connectivity index (χ4v) is 1.99. The molecule has 3 nitrogen and oxygen atoms in total. The van der Waals surface area contributed by atoms with Crippen molar-refractivity contribution in [1.29, 1.82) is 0 Å². The average molecular weight is 229 g/mol. The second-order valence-electron chi connectivity index (χ2n) is 4.41. The van der Waals surface area contributed by atoms with Gasteiger partial charge in [-0.3, -0.25) is 9.97 Å². The van der Waals surface area contributed by atoms with Gasteiger partial charge in [0.25, 0.3) is 0 Å². The summed E-state index contributed by atoms with van der Waals surface area (Å²) >= 11 is 0. The molecule has 0 amide bonds. The third-order valence-electron chi connectivity index (χ3n) is 3.04. The van der Waals surface area contributed by atoms with Gasteiger partial charge in [-0.05, 0) is 24.1 Å². The highest BCUT2D eigenvalue weighted by Gasteiger charge is 2.06. The van der Waals surface area contributed by atoms with Crippen molar-refractivity contribution in [3.05, 3.63) is 36.2 Å². The summed E-state index contributed by atoms with van der Waals surface area (Å²) in [6.07, 6.45) is 8.14. The summed E-state index contributed by atoms with van der Waals surface area (Å²) < 4.78 is 0. The number of nitrogens with zero attached hydrogens (tertiary/aromatic N) is 2. The normalized spacial score (nSPS) is 12.8. The molecule has 1 unspecified atom stereocenters. The summed E-state index contributed by atoms with van der Waals surface area (Å²) in [5.74, 6) is 0. The zero-order valence-electron chi connectivity index (χ0n) is 10.3. The molecule has 1 aromatic heterocycles. The fraction of sp³-hybridized carbons (Fsp3) is 0.429. The molecule has 2 N–H and O–H groups in total. The van der Waals surface area contributed by atoms with E-state index in [-0.39, 0.29) is 6.04 Å². The van der Waals surface area contributed by atoms with Crippen molar-refractivity contribution in [1.82, 2.24) is 9.97 Å². The molecule has 2 aromatic rings. The summed E-state index contributed by atoms with van der Waals surface area (Å²) in [4.78, 5) is 8.56. The van der Waals surface area contributed by atoms with Crippen LogP contribution in [0.25, 0.3) is 11.0 Å². The molecular weight excluding hydrogens is 210 g/mol. The van der Waals surface area contributed by atoms with Gasteiger partial charge in [0.15, 0.2) is 0 Å². The Morgan fingerprint density at radius 1 is 1.12 bits per heavy atom. The molecule has 0 saturated heterocycles. The van der Waals surface area contributed by atoms with Crippen molar-refractivity contribution in [2.45, 2.75) is 38.6 Å². The Morgan fingerprint density at radius 2 is 1.88 bits per heavy atom. The number of nitrogens with two attached hydrogens (primary N) is 1. The van der Waals surface area contributed by atoms with Crippen LogP contribution < -0.4 is 5.73 Å². The Hall–Kier alpha value is -1.48. The van der Waals surface area contributed by atoms with E-state index in [1.54, 1.807) is 12.4 Å². The van der Waals surface area contributed by atoms with E-state index in [4.69, 9.17) is 5.73 Å². The topological polar surface area (TPSA) is 51.8 Å². The second-order valence-corrected chi connectivity index (χ2v) is 4.41. The summed E-state index contributed by atoms with van der Waals surface area (Å²) in [7, 11) is 0. The lowest BCUT2D eigenvalue weighted by atomic mass is 10.0. The van der Waals surface area contributed by atoms with Crippen molar-refractivity contribution in [3.8, 4) is 0 Å². The Bertz CT molecular complexity index is 482. The Balaban J connectivity index is 2.12. The van der Waals surface area contributed by atoms with E-state index in [9.17, 15) is 0 Å². The van der Waals surface area contributed by atoms with E-state index in [2.05, 4.69) is 29.0 Å². The molecule has 0 spiro atoms. The van der Waals surface area contributed by atoms with Crippen molar-refractivity contribution in [2.75, 3.05) is 0 Å². The SMILES string of the molecule is CCCCCC(N)c1ccc2nccnc2c1. The lowest BCUT2D eigenvalue weighted by Gasteiger charge is -2.12. The van der Waals surface area contributed by atoms with E-state index in [0.717, 1.165) is 23.0 Å². The lowest BCUT2D eigenvalue weighted by Crippen LogP contribution is -2.10. The van der Waals surface area contributed by atoms with Crippen molar-refractivity contribution in [3.63, 3.8) is 0 Å². The van der Waals surface area contributed by atoms with Gasteiger partial charge in [-0.25, -0.2) is 0 Å². The molecule has 0 bridgehead atoms. The van der Waals surface area contributed by atoms with Crippen LogP contribution in [0.3, 0.4) is 0 Å². The highest BCUT2D eigenvalue weighted by Crippen LogP contribution is 2.20. The first-order chi connectivity index (χ1) is 8.31. The van der Waals surface area contributed by atoms with Crippen LogP contribution in [0.15, 0.2) is 30.6 Å². The van der Waals surface area contributed by atoms with Crippen LogP contribution in [-0.4, -0.2) is 9.97 Å². The van der Waals surface area contributed by atoms with E-state index >= 15 is 0 Å². The van der Waals surface area contributed by atoms with Crippen molar-refractivity contribution < 1.29 is 0 Å². The molecule has 0 aliphatic carbocycles. The van der Waals surface area contributed by atoms with E-state index < -0.39 is 0 Å². The predicted molar refractivity (Wildman–Crippen MR) is 70.6 cm³/mol. The summed E-state index contributed by atoms with van der Waals surface area (Å²) in [5, 5.41) is 0. The minimum absolute atomic E-state index is 0.118. The van der Waals surface area contributed by atoms with Crippen LogP contribution in [0.4, 0.5) is 0 Å². The third-order valence-corrected chi connectivity index (χ3v) is 3.04. The smallest absolute Gasteiger partial charge is 0.0890 e. The highest BCUT2D eigenvalue weighted by atomic mass is 14.8. The minimum Gasteiger partial charge on any atom is -0.324 e. The predicted octanol–water partition coefficient (Wildman–Crippen LogP) is 3.21. The number of hydrogen-bond acceptors (Lipinski definition) is 3. The van der Waals surface area contributed by atoms with Crippen LogP contribution in [0.2, 0.25) is 0 Å². The zero-order chi connectivity index (χ0) is 12.1. The molecule has 0 aliphatic heterocycles. The van der Waals surface area contributed by atoms with Gasteiger partial charge in [-0.2, -0.15) is 0 Å². The molecule has 2 rings (SSSR count). The first-order valence-electron chi connectivity index (χ1n) is 6.27. The number of benzene rings is 1. The molecule has 0 saturated carbocycles. The first kappa shape index (κ1) is 12.0. The molecule has 90 valence electrons. The molecule has 1 heterocycles. The van der Waals surface area contributed by atoms with Gasteiger partial charge >= 0.3 is 0 Å². The summed E-state index contributed by atoms with van der Waals surface area (Å²) in [6.45, 7) is 2.21. The quantitative estimate of drug-likeness (QED) is 0.801. The molecule has 1 aromatic carbocycles. The molecule has 0 aliphatic rings. The maximum Gasteiger partial charge on any atom is 0.0890 e. The maximum absolute atomic E-state index is 6.18. The van der Waals surface area contributed by atoms with Gasteiger partial charge in [-0.15, -0.1) is 0 Å². The van der Waals surface area contributed by atoms with Crippen molar-refractivity contribution >= 4 is 11.0 Å². The number of fused-ring (bicyclic) bond motifs is 1. The first-order valence-corrected chi connectivity index (χ1v) is 6.27. The Morgan fingerprint density at radius 3 is 2.65 bits per heavy atom. The van der Waals surface area contributed by atoms with E-state index in [0.29, 0.717) is 0 Å². The van der Waals surface area contributed by atoms with Gasteiger partial charge in [0.1, 0.15) is 0 Å². The molecule has 0 radical (unpaired) electrons. The molecule has 1 atom stereocenters. The monoisotopic (exact) mass is 229 g/mol. The molecule has 3 heteroatoms. The van der Waals surface area contributed by atoms with Gasteiger partial charge in [-0.1, -0.05) is 32.3 Å². The van der Waals surface area contributed by atoms with Gasteiger partial charge in [0.2, 0.25) is 0 Å². The number of unbranched alkanes of at least 4 members (excludes halogenated alkanes) is 2. The lowest BCUT2D eigenvalue weighted by molar-refractivity contribution is 0.581. The largest absolute Gasteiger partial charge is 0.324 e. The molecule has 0 fully saturated rings. The van der Waals surface area contributed by atoms with Crippen LogP contribution in [0.1, 0.15) is 44.2 Å². The average Bonchev–Trinajstić information content (AvgIpc) is 2.38. The highest BCUT2D eigenvalue weighted by molar-refractivity contribution is 5.74. The molecule has 17 heavy (non-hydrogen) atoms. The zero-order valence-corrected chi connectivity index (χ0v) is 10.3. The Labute approximate surface area is 102 Å². The van der Waals surface area contributed by atoms with Crippen LogP contribution >= 0.6 is 0 Å². The number of aromatic nitrogens is 2. The fourth-order valence-electron chi connectivity index (χ4n) is 1.99. The molecular formula is C14H19N3. The summed E-state index contributed by atoms with van der Waals surface area (Å²) in [6, 6.07) is 6.23. The van der Waals surface area contributed by atoms with E-state index in [1.807, 2.05) is 6.07 Å². The van der Waals surface area contributed by atoms with Crippen LogP contribution in [-0.2, 0) is 0 Å². The van der Waals surface area contributed by atoms with Crippen molar-refractivity contribution in [2.24, 2.45) is 5.73 Å². The second kappa shape index (κ2) is 5.73. The Kier molecular flexibility index (Phi) is 4.04. The van der Waals surface area contributed by atoms with Gasteiger partial charge in [0.05, 0.1) is 11.0 Å². The minimum atomic E-state index is 0.118. The third kappa shape index (κ3) is 3.01. The van der Waals surface area contributed by atoms with Crippen LogP contribution in [0, 0.1) is 0 Å².